The third-order valence-electron chi connectivity index (χ3n) is 2.65. The second-order valence-electron chi connectivity index (χ2n) is 4.56. The van der Waals surface area contributed by atoms with Crippen LogP contribution in [0.15, 0.2) is 28.7 Å². The van der Waals surface area contributed by atoms with E-state index in [0.29, 0.717) is 5.75 Å². The number of aliphatic carboxylic acids is 1. The van der Waals surface area contributed by atoms with Gasteiger partial charge in [-0.2, -0.15) is 0 Å². The highest BCUT2D eigenvalue weighted by Gasteiger charge is 2.19. The van der Waals surface area contributed by atoms with Gasteiger partial charge in [0.1, 0.15) is 12.3 Å². The summed E-state index contributed by atoms with van der Waals surface area (Å²) in [5, 5.41) is 8.78. The first kappa shape index (κ1) is 16.5. The van der Waals surface area contributed by atoms with Crippen LogP contribution >= 0.6 is 15.9 Å². The number of rotatable bonds is 7. The molecule has 0 atom stereocenters. The van der Waals surface area contributed by atoms with Crippen LogP contribution in [0.2, 0.25) is 0 Å². The minimum absolute atomic E-state index is 0.147. The van der Waals surface area contributed by atoms with Crippen LogP contribution in [-0.2, 0) is 9.59 Å². The number of carbonyl (C=O) groups excluding carboxylic acids is 1. The van der Waals surface area contributed by atoms with Gasteiger partial charge in [0.15, 0.2) is 0 Å². The highest BCUT2D eigenvalue weighted by molar-refractivity contribution is 9.10. The molecule has 0 aliphatic heterocycles. The summed E-state index contributed by atoms with van der Waals surface area (Å²) in [5.41, 5.74) is 0. The topological polar surface area (TPSA) is 66.8 Å². The monoisotopic (exact) mass is 343 g/mol. The number of benzene rings is 1. The smallest absolute Gasteiger partial charge is 0.323 e. The van der Waals surface area contributed by atoms with Crippen LogP contribution in [0.3, 0.4) is 0 Å². The van der Waals surface area contributed by atoms with E-state index < -0.39 is 5.97 Å². The molecule has 0 aliphatic rings. The van der Waals surface area contributed by atoms with Crippen molar-refractivity contribution in [3.63, 3.8) is 0 Å². The number of nitrogens with zero attached hydrogens (tertiary/aromatic N) is 1. The number of carbonyl (C=O) groups is 2. The lowest BCUT2D eigenvalue weighted by Gasteiger charge is -2.24. The van der Waals surface area contributed by atoms with Crippen molar-refractivity contribution >= 4 is 27.8 Å². The van der Waals surface area contributed by atoms with Gasteiger partial charge in [-0.25, -0.2) is 0 Å². The summed E-state index contributed by atoms with van der Waals surface area (Å²) in [6.07, 6.45) is 0.154. The highest BCUT2D eigenvalue weighted by Crippen LogP contribution is 2.16. The summed E-state index contributed by atoms with van der Waals surface area (Å²) >= 11 is 3.32. The molecule has 1 amide bonds. The molecule has 0 radical (unpaired) electrons. The van der Waals surface area contributed by atoms with Crippen LogP contribution in [0, 0.1) is 0 Å². The van der Waals surface area contributed by atoms with E-state index in [4.69, 9.17) is 9.84 Å². The van der Waals surface area contributed by atoms with Gasteiger partial charge in [0.25, 0.3) is 0 Å². The van der Waals surface area contributed by atoms with Crippen LogP contribution in [-0.4, -0.2) is 41.1 Å². The number of carboxylic acids is 1. The van der Waals surface area contributed by atoms with Crippen LogP contribution in [0.1, 0.15) is 20.3 Å². The van der Waals surface area contributed by atoms with Gasteiger partial charge in [-0.15, -0.1) is 0 Å². The highest BCUT2D eigenvalue weighted by atomic mass is 79.9. The van der Waals surface area contributed by atoms with Crippen molar-refractivity contribution in [2.45, 2.75) is 26.3 Å². The lowest BCUT2D eigenvalue weighted by Crippen LogP contribution is -2.41. The van der Waals surface area contributed by atoms with Crippen LogP contribution < -0.4 is 4.74 Å². The van der Waals surface area contributed by atoms with E-state index >= 15 is 0 Å². The van der Waals surface area contributed by atoms with Crippen molar-refractivity contribution in [3.8, 4) is 5.75 Å². The molecule has 1 aromatic carbocycles. The van der Waals surface area contributed by atoms with E-state index in [1.807, 2.05) is 12.1 Å². The molecule has 0 saturated heterocycles. The van der Waals surface area contributed by atoms with E-state index in [2.05, 4.69) is 15.9 Å². The summed E-state index contributed by atoms with van der Waals surface area (Å²) in [7, 11) is 0. The van der Waals surface area contributed by atoms with Gasteiger partial charge < -0.3 is 14.7 Å². The summed E-state index contributed by atoms with van der Waals surface area (Å²) in [6.45, 7) is 3.52. The first-order chi connectivity index (χ1) is 9.40. The maximum atomic E-state index is 11.9. The SMILES string of the molecule is CC(C)N(CC(=O)O)C(=O)CCOc1ccc(Br)cc1. The largest absolute Gasteiger partial charge is 0.493 e. The van der Waals surface area contributed by atoms with Crippen LogP contribution in [0.4, 0.5) is 0 Å². The first-order valence-electron chi connectivity index (χ1n) is 6.29. The molecule has 0 saturated carbocycles. The van der Waals surface area contributed by atoms with Gasteiger partial charge >= 0.3 is 5.97 Å². The molecule has 0 heterocycles. The lowest BCUT2D eigenvalue weighted by molar-refractivity contribution is -0.146. The molecule has 110 valence electrons. The molecule has 0 aliphatic carbocycles. The Kier molecular flexibility index (Phi) is 6.51. The third kappa shape index (κ3) is 5.61. The molecule has 20 heavy (non-hydrogen) atoms. The van der Waals surface area contributed by atoms with Gasteiger partial charge in [-0.3, -0.25) is 9.59 Å². The molecule has 0 aromatic heterocycles. The van der Waals surface area contributed by atoms with E-state index in [1.165, 1.54) is 4.90 Å². The number of halogens is 1. The number of amides is 1. The second-order valence-corrected chi connectivity index (χ2v) is 5.48. The number of hydrogen-bond acceptors (Lipinski definition) is 3. The summed E-state index contributed by atoms with van der Waals surface area (Å²) in [6, 6.07) is 7.15. The van der Waals surface area contributed by atoms with Crippen LogP contribution in [0.25, 0.3) is 0 Å². The maximum Gasteiger partial charge on any atom is 0.323 e. The van der Waals surface area contributed by atoms with E-state index in [9.17, 15) is 9.59 Å². The Hall–Kier alpha value is -1.56. The number of hydrogen-bond donors (Lipinski definition) is 1. The zero-order valence-corrected chi connectivity index (χ0v) is 13.1. The Balaban J connectivity index is 2.44. The van der Waals surface area contributed by atoms with E-state index in [-0.39, 0.29) is 31.5 Å². The normalized spacial score (nSPS) is 10.4. The molecule has 6 heteroatoms. The van der Waals surface area contributed by atoms with Crippen molar-refractivity contribution < 1.29 is 19.4 Å². The quantitative estimate of drug-likeness (QED) is 0.826. The fourth-order valence-electron chi connectivity index (χ4n) is 1.64. The Bertz CT molecular complexity index is 459. The predicted molar refractivity (Wildman–Crippen MR) is 78.7 cm³/mol. The second kappa shape index (κ2) is 7.89. The Morgan fingerprint density at radius 1 is 1.30 bits per heavy atom. The van der Waals surface area contributed by atoms with E-state index in [0.717, 1.165) is 4.47 Å². The Morgan fingerprint density at radius 3 is 2.40 bits per heavy atom. The minimum atomic E-state index is -1.01. The van der Waals surface area contributed by atoms with Gasteiger partial charge in [0.2, 0.25) is 5.91 Å². The van der Waals surface area contributed by atoms with Gasteiger partial charge in [-0.05, 0) is 38.1 Å². The molecular formula is C14H18BrNO4. The predicted octanol–water partition coefficient (Wildman–Crippen LogP) is 2.54. The van der Waals surface area contributed by atoms with Gasteiger partial charge in [0.05, 0.1) is 13.0 Å². The fourth-order valence-corrected chi connectivity index (χ4v) is 1.90. The van der Waals surface area contributed by atoms with Gasteiger partial charge in [0, 0.05) is 10.5 Å². The average Bonchev–Trinajstić information content (AvgIpc) is 2.37. The maximum absolute atomic E-state index is 11.9. The molecule has 1 rings (SSSR count). The lowest BCUT2D eigenvalue weighted by atomic mass is 10.2. The summed E-state index contributed by atoms with van der Waals surface area (Å²) in [5.74, 6) is -0.560. The Labute approximate surface area is 126 Å². The standard InChI is InChI=1S/C14H18BrNO4/c1-10(2)16(9-14(18)19)13(17)7-8-20-12-5-3-11(15)4-6-12/h3-6,10H,7-9H2,1-2H3,(H,18,19). The molecule has 1 N–H and O–H groups in total. The Morgan fingerprint density at radius 2 is 1.90 bits per heavy atom. The van der Waals surface area contributed by atoms with E-state index in [1.54, 1.807) is 26.0 Å². The summed E-state index contributed by atoms with van der Waals surface area (Å²) in [4.78, 5) is 24.0. The molecule has 0 spiro atoms. The molecule has 5 nitrogen and oxygen atoms in total. The fraction of sp³-hybridized carbons (Fsp3) is 0.429. The van der Waals surface area contributed by atoms with Crippen molar-refractivity contribution in [2.24, 2.45) is 0 Å². The van der Waals surface area contributed by atoms with Crippen molar-refractivity contribution in [1.29, 1.82) is 0 Å². The first-order valence-corrected chi connectivity index (χ1v) is 7.09. The van der Waals surface area contributed by atoms with Crippen molar-refractivity contribution in [2.75, 3.05) is 13.2 Å². The average molecular weight is 344 g/mol. The third-order valence-corrected chi connectivity index (χ3v) is 3.18. The molecule has 0 bridgehead atoms. The molecule has 1 aromatic rings. The summed E-state index contributed by atoms with van der Waals surface area (Å²) < 4.78 is 6.40. The zero-order chi connectivity index (χ0) is 15.1. The molecular weight excluding hydrogens is 326 g/mol. The van der Waals surface area contributed by atoms with Crippen molar-refractivity contribution in [3.05, 3.63) is 28.7 Å². The molecule has 0 unspecified atom stereocenters. The van der Waals surface area contributed by atoms with Gasteiger partial charge in [-0.1, -0.05) is 15.9 Å². The number of ether oxygens (including phenoxy) is 1. The minimum Gasteiger partial charge on any atom is -0.493 e. The van der Waals surface area contributed by atoms with Crippen molar-refractivity contribution in [1.82, 2.24) is 4.90 Å². The van der Waals surface area contributed by atoms with Crippen LogP contribution in [0.5, 0.6) is 5.75 Å². The molecule has 0 fully saturated rings. The number of carboxylic acid groups (broad SMARTS) is 1. The zero-order valence-electron chi connectivity index (χ0n) is 11.5.